The van der Waals surface area contributed by atoms with E-state index in [4.69, 9.17) is 21.4 Å². The Morgan fingerprint density at radius 2 is 1.95 bits per heavy atom. The number of benzene rings is 1. The van der Waals surface area contributed by atoms with Crippen LogP contribution >= 0.6 is 11.6 Å². The molecule has 5 nitrogen and oxygen atoms in total. The van der Waals surface area contributed by atoms with E-state index in [1.807, 2.05) is 6.92 Å². The van der Waals surface area contributed by atoms with Gasteiger partial charge in [-0.25, -0.2) is 9.59 Å². The molecule has 2 N–H and O–H groups in total. The molecule has 0 saturated carbocycles. The standard InChI is InChI=1S/C14H18ClNO4/c1-3-9(2)12(13(17)18)16-14(19)20-8-10-4-6-11(15)7-5-10/h4-7,9,12H,3,8H2,1-2H3,(H,16,19)(H,17,18)/t9-,12-/m0/s1. The Bertz CT molecular complexity index is 461. The van der Waals surface area contributed by atoms with Crippen LogP contribution in [0.4, 0.5) is 4.79 Å². The van der Waals surface area contributed by atoms with Crippen molar-refractivity contribution in [1.29, 1.82) is 0 Å². The third kappa shape index (κ3) is 5.09. The predicted molar refractivity (Wildman–Crippen MR) is 75.7 cm³/mol. The number of nitrogens with one attached hydrogen (secondary N) is 1. The summed E-state index contributed by atoms with van der Waals surface area (Å²) in [5.41, 5.74) is 0.778. The first-order valence-corrected chi connectivity index (χ1v) is 6.72. The zero-order valence-electron chi connectivity index (χ0n) is 11.4. The first kappa shape index (κ1) is 16.3. The zero-order chi connectivity index (χ0) is 15.1. The molecule has 0 fully saturated rings. The van der Waals surface area contributed by atoms with Crippen LogP contribution in [0.1, 0.15) is 25.8 Å². The number of hydrogen-bond acceptors (Lipinski definition) is 3. The fraction of sp³-hybridized carbons (Fsp3) is 0.429. The second kappa shape index (κ2) is 7.75. The summed E-state index contributed by atoms with van der Waals surface area (Å²) in [6.07, 6.45) is -0.0957. The summed E-state index contributed by atoms with van der Waals surface area (Å²) in [7, 11) is 0. The van der Waals surface area contributed by atoms with Gasteiger partial charge in [0.05, 0.1) is 0 Å². The van der Waals surface area contributed by atoms with Crippen LogP contribution in [0.3, 0.4) is 0 Å². The minimum atomic E-state index is -1.07. The van der Waals surface area contributed by atoms with Crippen molar-refractivity contribution in [2.24, 2.45) is 5.92 Å². The second-order valence-corrected chi connectivity index (χ2v) is 4.98. The smallest absolute Gasteiger partial charge is 0.408 e. The largest absolute Gasteiger partial charge is 0.480 e. The van der Waals surface area contributed by atoms with Crippen LogP contribution in [-0.2, 0) is 16.1 Å². The molecule has 0 radical (unpaired) electrons. The van der Waals surface area contributed by atoms with E-state index >= 15 is 0 Å². The van der Waals surface area contributed by atoms with E-state index in [1.165, 1.54) is 0 Å². The highest BCUT2D eigenvalue weighted by molar-refractivity contribution is 6.30. The van der Waals surface area contributed by atoms with Gasteiger partial charge in [0.25, 0.3) is 0 Å². The molecule has 0 aliphatic heterocycles. The highest BCUT2D eigenvalue weighted by Gasteiger charge is 2.25. The van der Waals surface area contributed by atoms with Gasteiger partial charge in [0.2, 0.25) is 0 Å². The lowest BCUT2D eigenvalue weighted by atomic mass is 10.00. The molecule has 1 rings (SSSR count). The zero-order valence-corrected chi connectivity index (χ0v) is 12.2. The van der Waals surface area contributed by atoms with E-state index in [1.54, 1.807) is 31.2 Å². The Kier molecular flexibility index (Phi) is 6.31. The third-order valence-corrected chi connectivity index (χ3v) is 3.29. The molecule has 1 aromatic rings. The van der Waals surface area contributed by atoms with Gasteiger partial charge in [0.1, 0.15) is 12.6 Å². The lowest BCUT2D eigenvalue weighted by molar-refractivity contribution is -0.140. The normalized spacial score (nSPS) is 13.3. The van der Waals surface area contributed by atoms with Crippen molar-refractivity contribution in [2.45, 2.75) is 32.9 Å². The molecular formula is C14H18ClNO4. The van der Waals surface area contributed by atoms with Gasteiger partial charge in [-0.05, 0) is 23.6 Å². The Balaban J connectivity index is 2.49. The summed E-state index contributed by atoms with van der Waals surface area (Å²) in [6.45, 7) is 3.69. The van der Waals surface area contributed by atoms with Gasteiger partial charge >= 0.3 is 12.1 Å². The highest BCUT2D eigenvalue weighted by Crippen LogP contribution is 2.11. The molecule has 0 aromatic heterocycles. The van der Waals surface area contributed by atoms with Crippen molar-refractivity contribution in [1.82, 2.24) is 5.32 Å². The third-order valence-electron chi connectivity index (χ3n) is 3.04. The molecule has 0 bridgehead atoms. The summed E-state index contributed by atoms with van der Waals surface area (Å²) in [5, 5.41) is 12.0. The average molecular weight is 300 g/mol. The SMILES string of the molecule is CC[C@H](C)[C@H](NC(=O)OCc1ccc(Cl)cc1)C(=O)O. The number of aliphatic carboxylic acids is 1. The van der Waals surface area contributed by atoms with Crippen LogP contribution in [0, 0.1) is 5.92 Å². The van der Waals surface area contributed by atoms with Crippen molar-refractivity contribution in [3.8, 4) is 0 Å². The van der Waals surface area contributed by atoms with Gasteiger partial charge in [-0.15, -0.1) is 0 Å². The van der Waals surface area contributed by atoms with Gasteiger partial charge in [-0.1, -0.05) is 44.0 Å². The number of amides is 1. The number of hydrogen-bond donors (Lipinski definition) is 2. The van der Waals surface area contributed by atoms with Crippen molar-refractivity contribution in [3.63, 3.8) is 0 Å². The Morgan fingerprint density at radius 1 is 1.35 bits per heavy atom. The highest BCUT2D eigenvalue weighted by atomic mass is 35.5. The molecule has 20 heavy (non-hydrogen) atoms. The topological polar surface area (TPSA) is 75.6 Å². The molecule has 0 unspecified atom stereocenters. The molecule has 0 aliphatic rings. The van der Waals surface area contributed by atoms with Gasteiger partial charge in [-0.3, -0.25) is 0 Å². The van der Waals surface area contributed by atoms with Crippen LogP contribution in [0.15, 0.2) is 24.3 Å². The fourth-order valence-electron chi connectivity index (χ4n) is 1.58. The number of alkyl carbamates (subject to hydrolysis) is 1. The number of halogens is 1. The Labute approximate surface area is 122 Å². The molecule has 0 spiro atoms. The van der Waals surface area contributed by atoms with E-state index in [-0.39, 0.29) is 12.5 Å². The first-order valence-electron chi connectivity index (χ1n) is 6.34. The minimum Gasteiger partial charge on any atom is -0.480 e. The quantitative estimate of drug-likeness (QED) is 0.846. The van der Waals surface area contributed by atoms with Crippen LogP contribution in [0.25, 0.3) is 0 Å². The summed E-state index contributed by atoms with van der Waals surface area (Å²) in [5.74, 6) is -1.24. The lowest BCUT2D eigenvalue weighted by Gasteiger charge is -2.19. The first-order chi connectivity index (χ1) is 9.43. The Morgan fingerprint density at radius 3 is 2.45 bits per heavy atom. The molecular weight excluding hydrogens is 282 g/mol. The van der Waals surface area contributed by atoms with E-state index in [9.17, 15) is 9.59 Å². The molecule has 110 valence electrons. The number of ether oxygens (including phenoxy) is 1. The minimum absolute atomic E-state index is 0.0653. The lowest BCUT2D eigenvalue weighted by Crippen LogP contribution is -2.45. The van der Waals surface area contributed by atoms with Gasteiger partial charge in [-0.2, -0.15) is 0 Å². The maximum absolute atomic E-state index is 11.6. The molecule has 1 amide bonds. The molecule has 0 saturated heterocycles. The number of carbonyl (C=O) groups excluding carboxylic acids is 1. The number of carbonyl (C=O) groups is 2. The Hall–Kier alpha value is -1.75. The summed E-state index contributed by atoms with van der Waals surface area (Å²) in [6, 6.07) is 5.91. The van der Waals surface area contributed by atoms with Crippen LogP contribution in [-0.4, -0.2) is 23.2 Å². The predicted octanol–water partition coefficient (Wildman–Crippen LogP) is 3.07. The second-order valence-electron chi connectivity index (χ2n) is 4.55. The summed E-state index contributed by atoms with van der Waals surface area (Å²) < 4.78 is 4.99. The van der Waals surface area contributed by atoms with E-state index in [0.717, 1.165) is 5.56 Å². The average Bonchev–Trinajstić information content (AvgIpc) is 2.43. The van der Waals surface area contributed by atoms with E-state index in [0.29, 0.717) is 11.4 Å². The van der Waals surface area contributed by atoms with Crippen molar-refractivity contribution in [2.75, 3.05) is 0 Å². The molecule has 0 aliphatic carbocycles. The van der Waals surface area contributed by atoms with E-state index in [2.05, 4.69) is 5.32 Å². The maximum atomic E-state index is 11.6. The van der Waals surface area contributed by atoms with Crippen molar-refractivity contribution >= 4 is 23.7 Å². The van der Waals surface area contributed by atoms with Gasteiger partial charge in [0.15, 0.2) is 0 Å². The van der Waals surface area contributed by atoms with Gasteiger partial charge in [0, 0.05) is 5.02 Å². The number of rotatable bonds is 6. The van der Waals surface area contributed by atoms with Crippen molar-refractivity contribution < 1.29 is 19.4 Å². The molecule has 0 heterocycles. The molecule has 6 heteroatoms. The maximum Gasteiger partial charge on any atom is 0.408 e. The van der Waals surface area contributed by atoms with Crippen LogP contribution in [0.2, 0.25) is 5.02 Å². The monoisotopic (exact) mass is 299 g/mol. The summed E-state index contributed by atoms with van der Waals surface area (Å²) in [4.78, 5) is 22.7. The number of carboxylic acids is 1. The fourth-order valence-corrected chi connectivity index (χ4v) is 1.71. The number of carboxylic acid groups (broad SMARTS) is 1. The van der Waals surface area contributed by atoms with Crippen LogP contribution < -0.4 is 5.32 Å². The van der Waals surface area contributed by atoms with Crippen LogP contribution in [0.5, 0.6) is 0 Å². The van der Waals surface area contributed by atoms with Gasteiger partial charge < -0.3 is 15.2 Å². The van der Waals surface area contributed by atoms with Crippen molar-refractivity contribution in [3.05, 3.63) is 34.9 Å². The summed E-state index contributed by atoms with van der Waals surface area (Å²) >= 11 is 5.74. The molecule has 1 aromatic carbocycles. The van der Waals surface area contributed by atoms with E-state index < -0.39 is 18.1 Å². The molecule has 2 atom stereocenters.